The molecular weight excluding hydrogens is 172 g/mol. The molecule has 0 saturated carbocycles. The molecule has 1 saturated heterocycles. The molecule has 1 rings (SSSR count). The quantitative estimate of drug-likeness (QED) is 0.726. The van der Waals surface area contributed by atoms with Gasteiger partial charge in [0.05, 0.1) is 0 Å². The van der Waals surface area contributed by atoms with Gasteiger partial charge in [-0.25, -0.2) is 0 Å². The third-order valence-corrected chi connectivity index (χ3v) is 3.41. The summed E-state index contributed by atoms with van der Waals surface area (Å²) < 4.78 is 0. The van der Waals surface area contributed by atoms with E-state index in [1.807, 2.05) is 11.8 Å². The van der Waals surface area contributed by atoms with E-state index in [2.05, 4.69) is 0 Å². The molecule has 1 aliphatic rings. The Hall–Kier alpha value is -0.0200. The Morgan fingerprint density at radius 1 is 1.58 bits per heavy atom. The Bertz CT molecular complexity index is 141. The zero-order chi connectivity index (χ0) is 8.81. The fraction of sp³-hybridized carbons (Fsp3) is 0.889. The zero-order valence-corrected chi connectivity index (χ0v) is 8.11. The summed E-state index contributed by atoms with van der Waals surface area (Å²) in [6.45, 7) is 0.144. The highest BCUT2D eigenvalue weighted by Gasteiger charge is 2.20. The first kappa shape index (κ1) is 10.1. The van der Waals surface area contributed by atoms with Crippen LogP contribution in [0.2, 0.25) is 0 Å². The standard InChI is InChI=1S/C9H16O2S/c10-5-1-4-9(11)8-3-2-6-12-7-8/h8,10H,1-7H2. The molecule has 0 aromatic carbocycles. The maximum atomic E-state index is 11.4. The second-order valence-electron chi connectivity index (χ2n) is 3.21. The van der Waals surface area contributed by atoms with Crippen molar-refractivity contribution in [1.82, 2.24) is 0 Å². The predicted molar refractivity (Wildman–Crippen MR) is 51.4 cm³/mol. The summed E-state index contributed by atoms with van der Waals surface area (Å²) in [6, 6.07) is 0. The van der Waals surface area contributed by atoms with Gasteiger partial charge in [0.15, 0.2) is 0 Å². The van der Waals surface area contributed by atoms with Crippen molar-refractivity contribution >= 4 is 17.5 Å². The summed E-state index contributed by atoms with van der Waals surface area (Å²) in [6.07, 6.45) is 3.46. The third kappa shape index (κ3) is 3.15. The van der Waals surface area contributed by atoms with Crippen LogP contribution in [0.15, 0.2) is 0 Å². The summed E-state index contributed by atoms with van der Waals surface area (Å²) >= 11 is 1.88. The van der Waals surface area contributed by atoms with E-state index in [0.717, 1.165) is 12.2 Å². The van der Waals surface area contributed by atoms with Gasteiger partial charge in [-0.1, -0.05) is 0 Å². The second kappa shape index (κ2) is 5.60. The van der Waals surface area contributed by atoms with Crippen LogP contribution in [0.5, 0.6) is 0 Å². The van der Waals surface area contributed by atoms with Gasteiger partial charge < -0.3 is 5.11 Å². The minimum Gasteiger partial charge on any atom is -0.396 e. The van der Waals surface area contributed by atoms with E-state index in [4.69, 9.17) is 5.11 Å². The van der Waals surface area contributed by atoms with Crippen molar-refractivity contribution in [3.05, 3.63) is 0 Å². The number of hydrogen-bond acceptors (Lipinski definition) is 3. The van der Waals surface area contributed by atoms with Crippen molar-refractivity contribution in [3.63, 3.8) is 0 Å². The molecule has 0 aromatic heterocycles. The van der Waals surface area contributed by atoms with Crippen LogP contribution in [-0.4, -0.2) is 29.0 Å². The number of aliphatic hydroxyl groups excluding tert-OH is 1. The van der Waals surface area contributed by atoms with Gasteiger partial charge in [0.25, 0.3) is 0 Å². The first-order valence-electron chi connectivity index (χ1n) is 4.56. The van der Waals surface area contributed by atoms with Crippen molar-refractivity contribution in [1.29, 1.82) is 0 Å². The Labute approximate surface area is 77.7 Å². The monoisotopic (exact) mass is 188 g/mol. The summed E-state index contributed by atoms with van der Waals surface area (Å²) in [7, 11) is 0. The maximum absolute atomic E-state index is 11.4. The van der Waals surface area contributed by atoms with E-state index in [0.29, 0.717) is 18.6 Å². The van der Waals surface area contributed by atoms with E-state index in [9.17, 15) is 4.79 Å². The molecule has 1 heterocycles. The van der Waals surface area contributed by atoms with Crippen molar-refractivity contribution in [2.75, 3.05) is 18.1 Å². The molecule has 2 nitrogen and oxygen atoms in total. The lowest BCUT2D eigenvalue weighted by Crippen LogP contribution is -2.20. The Balaban J connectivity index is 2.20. The number of Topliss-reactive ketones (excluding diaryl/α,β-unsaturated/α-hetero) is 1. The molecule has 0 spiro atoms. The predicted octanol–water partition coefficient (Wildman–Crippen LogP) is 1.47. The zero-order valence-electron chi connectivity index (χ0n) is 7.29. The number of hydrogen-bond donors (Lipinski definition) is 1. The molecule has 3 heteroatoms. The van der Waals surface area contributed by atoms with Gasteiger partial charge in [0.2, 0.25) is 0 Å². The van der Waals surface area contributed by atoms with Crippen LogP contribution >= 0.6 is 11.8 Å². The molecule has 70 valence electrons. The first-order chi connectivity index (χ1) is 5.84. The van der Waals surface area contributed by atoms with E-state index < -0.39 is 0 Å². The van der Waals surface area contributed by atoms with Crippen molar-refractivity contribution in [2.24, 2.45) is 5.92 Å². The smallest absolute Gasteiger partial charge is 0.136 e. The molecule has 12 heavy (non-hydrogen) atoms. The highest BCUT2D eigenvalue weighted by molar-refractivity contribution is 7.99. The molecule has 1 unspecified atom stereocenters. The van der Waals surface area contributed by atoms with Crippen molar-refractivity contribution in [2.45, 2.75) is 25.7 Å². The van der Waals surface area contributed by atoms with Crippen LogP contribution in [0.1, 0.15) is 25.7 Å². The van der Waals surface area contributed by atoms with Gasteiger partial charge in [-0.05, 0) is 25.0 Å². The minimum atomic E-state index is 0.144. The molecule has 1 fully saturated rings. The topological polar surface area (TPSA) is 37.3 Å². The summed E-state index contributed by atoms with van der Waals surface area (Å²) in [4.78, 5) is 11.4. The van der Waals surface area contributed by atoms with Crippen molar-refractivity contribution in [3.8, 4) is 0 Å². The van der Waals surface area contributed by atoms with E-state index in [1.165, 1.54) is 12.2 Å². The highest BCUT2D eigenvalue weighted by Crippen LogP contribution is 2.24. The summed E-state index contributed by atoms with van der Waals surface area (Å²) in [5, 5.41) is 8.56. The maximum Gasteiger partial charge on any atom is 0.136 e. The Kier molecular flexibility index (Phi) is 4.69. The Morgan fingerprint density at radius 2 is 2.42 bits per heavy atom. The van der Waals surface area contributed by atoms with Gasteiger partial charge in [0, 0.05) is 24.7 Å². The van der Waals surface area contributed by atoms with Gasteiger partial charge in [0.1, 0.15) is 5.78 Å². The van der Waals surface area contributed by atoms with E-state index >= 15 is 0 Å². The molecule has 0 amide bonds. The second-order valence-corrected chi connectivity index (χ2v) is 4.36. The van der Waals surface area contributed by atoms with Crippen LogP contribution < -0.4 is 0 Å². The number of carbonyl (C=O) groups excluding carboxylic acids is 1. The average molecular weight is 188 g/mol. The van der Waals surface area contributed by atoms with Crippen LogP contribution in [-0.2, 0) is 4.79 Å². The van der Waals surface area contributed by atoms with Crippen LogP contribution in [0.25, 0.3) is 0 Å². The lowest BCUT2D eigenvalue weighted by Gasteiger charge is -2.19. The van der Waals surface area contributed by atoms with Crippen molar-refractivity contribution < 1.29 is 9.90 Å². The van der Waals surface area contributed by atoms with Crippen LogP contribution in [0.3, 0.4) is 0 Å². The number of aliphatic hydroxyl groups is 1. The normalized spacial score (nSPS) is 23.9. The SMILES string of the molecule is O=C(CCCO)C1CCCSC1. The molecule has 1 N–H and O–H groups in total. The molecule has 1 atom stereocenters. The molecule has 0 aliphatic carbocycles. The number of thioether (sulfide) groups is 1. The lowest BCUT2D eigenvalue weighted by molar-refractivity contribution is -0.122. The van der Waals surface area contributed by atoms with E-state index in [-0.39, 0.29) is 12.5 Å². The van der Waals surface area contributed by atoms with Gasteiger partial charge >= 0.3 is 0 Å². The Morgan fingerprint density at radius 3 is 3.00 bits per heavy atom. The number of rotatable bonds is 4. The summed E-state index contributed by atoms with van der Waals surface area (Å²) in [5.74, 6) is 2.86. The molecular formula is C9H16O2S. The van der Waals surface area contributed by atoms with Crippen LogP contribution in [0, 0.1) is 5.92 Å². The van der Waals surface area contributed by atoms with Gasteiger partial charge in [-0.3, -0.25) is 4.79 Å². The van der Waals surface area contributed by atoms with Gasteiger partial charge in [-0.2, -0.15) is 11.8 Å². The fourth-order valence-electron chi connectivity index (χ4n) is 1.45. The number of ketones is 1. The lowest BCUT2D eigenvalue weighted by atomic mass is 9.97. The van der Waals surface area contributed by atoms with Crippen LogP contribution in [0.4, 0.5) is 0 Å². The average Bonchev–Trinajstić information content (AvgIpc) is 2.15. The fourth-order valence-corrected chi connectivity index (χ4v) is 2.63. The van der Waals surface area contributed by atoms with E-state index in [1.54, 1.807) is 0 Å². The molecule has 0 aromatic rings. The largest absolute Gasteiger partial charge is 0.396 e. The number of carbonyl (C=O) groups is 1. The molecule has 1 aliphatic heterocycles. The first-order valence-corrected chi connectivity index (χ1v) is 5.71. The minimum absolute atomic E-state index is 0.144. The summed E-state index contributed by atoms with van der Waals surface area (Å²) in [5.41, 5.74) is 0. The highest BCUT2D eigenvalue weighted by atomic mass is 32.2. The third-order valence-electron chi connectivity index (χ3n) is 2.20. The molecule has 0 radical (unpaired) electrons. The van der Waals surface area contributed by atoms with Gasteiger partial charge in [-0.15, -0.1) is 0 Å². The molecule has 0 bridgehead atoms.